The van der Waals surface area contributed by atoms with Crippen molar-refractivity contribution in [2.75, 3.05) is 26.3 Å². The minimum atomic E-state index is -0.383. The smallest absolute Gasteiger partial charge is 0.222 e. The van der Waals surface area contributed by atoms with Crippen LogP contribution in [0.4, 0.5) is 0 Å². The number of ether oxygens (including phenoxy) is 2. The lowest BCUT2D eigenvalue weighted by atomic mass is 9.93. The largest absolute Gasteiger partial charge is 0.378 e. The lowest BCUT2D eigenvalue weighted by Crippen LogP contribution is -2.59. The first-order valence-corrected chi connectivity index (χ1v) is 8.47. The summed E-state index contributed by atoms with van der Waals surface area (Å²) in [5, 5.41) is 8.20. The Hall–Kier alpha value is -1.45. The molecule has 6 heteroatoms. The Kier molecular flexibility index (Phi) is 4.69. The third-order valence-corrected chi connectivity index (χ3v) is 4.84. The third-order valence-electron chi connectivity index (χ3n) is 4.84. The van der Waals surface area contributed by atoms with Gasteiger partial charge in [-0.05, 0) is 19.8 Å². The maximum atomic E-state index is 12.6. The van der Waals surface area contributed by atoms with E-state index in [9.17, 15) is 4.79 Å². The lowest BCUT2D eigenvalue weighted by Gasteiger charge is -2.47. The second-order valence-electron chi connectivity index (χ2n) is 6.93. The first-order chi connectivity index (χ1) is 11.1. The van der Waals surface area contributed by atoms with Gasteiger partial charge in [0.05, 0.1) is 19.3 Å². The van der Waals surface area contributed by atoms with E-state index in [1.807, 2.05) is 11.8 Å². The molecule has 0 aromatic rings. The van der Waals surface area contributed by atoms with Gasteiger partial charge in [-0.3, -0.25) is 4.79 Å². The molecule has 3 heterocycles. The van der Waals surface area contributed by atoms with Crippen LogP contribution >= 0.6 is 0 Å². The normalized spacial score (nSPS) is 31.8. The van der Waals surface area contributed by atoms with Gasteiger partial charge in [-0.2, -0.15) is 10.2 Å². The van der Waals surface area contributed by atoms with Crippen LogP contribution in [0.25, 0.3) is 0 Å². The Morgan fingerprint density at radius 2 is 2.26 bits per heavy atom. The van der Waals surface area contributed by atoms with Gasteiger partial charge in [0.15, 0.2) is 5.66 Å². The molecule has 0 bridgehead atoms. The van der Waals surface area contributed by atoms with Crippen molar-refractivity contribution in [1.29, 1.82) is 0 Å². The van der Waals surface area contributed by atoms with Gasteiger partial charge in [0.25, 0.3) is 0 Å². The predicted molar refractivity (Wildman–Crippen MR) is 84.8 cm³/mol. The summed E-state index contributed by atoms with van der Waals surface area (Å²) >= 11 is 0. The van der Waals surface area contributed by atoms with Crippen LogP contribution in [0, 0.1) is 12.3 Å². The van der Waals surface area contributed by atoms with Crippen molar-refractivity contribution in [3.05, 3.63) is 0 Å². The molecule has 0 aliphatic carbocycles. The van der Waals surface area contributed by atoms with Crippen molar-refractivity contribution in [2.45, 2.75) is 62.8 Å². The fourth-order valence-electron chi connectivity index (χ4n) is 3.59. The van der Waals surface area contributed by atoms with E-state index in [4.69, 9.17) is 15.9 Å². The van der Waals surface area contributed by atoms with Crippen LogP contribution in [-0.4, -0.2) is 54.5 Å². The average Bonchev–Trinajstić information content (AvgIpc) is 3.31. The number of carbonyl (C=O) groups excluding carboxylic acids is 1. The first kappa shape index (κ1) is 16.4. The summed E-state index contributed by atoms with van der Waals surface area (Å²) in [7, 11) is 0. The van der Waals surface area contributed by atoms with Gasteiger partial charge in [0, 0.05) is 38.8 Å². The molecule has 1 spiro atoms. The van der Waals surface area contributed by atoms with Crippen LogP contribution < -0.4 is 0 Å². The predicted octanol–water partition coefficient (Wildman–Crippen LogP) is 2.14. The number of nitrogens with zero attached hydrogens (tertiary/aromatic N) is 3. The molecule has 2 unspecified atom stereocenters. The Labute approximate surface area is 137 Å². The summed E-state index contributed by atoms with van der Waals surface area (Å²) in [4.78, 5) is 14.6. The molecule has 23 heavy (non-hydrogen) atoms. The summed E-state index contributed by atoms with van der Waals surface area (Å²) < 4.78 is 11.7. The standard InChI is InChI=1S/C17H25N3O3/c1-3-4-8-17(18-19-17)9-6-15(21)20-11-14(2)23-16(12-20)7-5-10-22-13-16/h1,14H,4-13H2,2H3. The summed E-state index contributed by atoms with van der Waals surface area (Å²) in [6.45, 7) is 4.66. The molecule has 3 aliphatic heterocycles. The van der Waals surface area contributed by atoms with Gasteiger partial charge in [-0.25, -0.2) is 0 Å². The molecule has 3 aliphatic rings. The topological polar surface area (TPSA) is 63.5 Å². The molecule has 2 saturated heterocycles. The highest BCUT2D eigenvalue weighted by molar-refractivity contribution is 5.76. The van der Waals surface area contributed by atoms with E-state index in [-0.39, 0.29) is 23.3 Å². The molecule has 0 N–H and O–H groups in total. The SMILES string of the molecule is C#CCCC1(CCC(=O)N2CC(C)OC3(CCCOC3)C2)N=N1. The molecule has 6 nitrogen and oxygen atoms in total. The van der Waals surface area contributed by atoms with Crippen LogP contribution in [0.15, 0.2) is 10.2 Å². The van der Waals surface area contributed by atoms with E-state index in [1.54, 1.807) is 0 Å². The molecule has 0 aromatic carbocycles. The summed E-state index contributed by atoms with van der Waals surface area (Å²) in [5.41, 5.74) is -0.702. The van der Waals surface area contributed by atoms with E-state index < -0.39 is 0 Å². The Balaban J connectivity index is 1.53. The van der Waals surface area contributed by atoms with Crippen molar-refractivity contribution in [1.82, 2.24) is 4.90 Å². The zero-order chi connectivity index (χ0) is 16.3. The van der Waals surface area contributed by atoms with Crippen LogP contribution in [-0.2, 0) is 14.3 Å². The van der Waals surface area contributed by atoms with Crippen LogP contribution in [0.2, 0.25) is 0 Å². The molecule has 0 radical (unpaired) electrons. The average molecular weight is 319 g/mol. The quantitative estimate of drug-likeness (QED) is 0.729. The maximum Gasteiger partial charge on any atom is 0.222 e. The molecule has 2 atom stereocenters. The molecule has 1 amide bonds. The Morgan fingerprint density at radius 1 is 1.43 bits per heavy atom. The van der Waals surface area contributed by atoms with Gasteiger partial charge in [-0.15, -0.1) is 12.3 Å². The van der Waals surface area contributed by atoms with Crippen LogP contribution in [0.5, 0.6) is 0 Å². The van der Waals surface area contributed by atoms with Gasteiger partial charge in [0.2, 0.25) is 5.91 Å². The monoisotopic (exact) mass is 319 g/mol. The van der Waals surface area contributed by atoms with E-state index in [2.05, 4.69) is 16.1 Å². The highest BCUT2D eigenvalue weighted by atomic mass is 16.6. The van der Waals surface area contributed by atoms with E-state index >= 15 is 0 Å². The van der Waals surface area contributed by atoms with Gasteiger partial charge < -0.3 is 14.4 Å². The summed E-state index contributed by atoms with van der Waals surface area (Å²) in [5.74, 6) is 2.77. The van der Waals surface area contributed by atoms with Crippen molar-refractivity contribution >= 4 is 5.91 Å². The summed E-state index contributed by atoms with van der Waals surface area (Å²) in [6, 6.07) is 0. The number of carbonyl (C=O) groups is 1. The van der Waals surface area contributed by atoms with Gasteiger partial charge in [-0.1, -0.05) is 0 Å². The highest BCUT2D eigenvalue weighted by Gasteiger charge is 2.44. The highest BCUT2D eigenvalue weighted by Crippen LogP contribution is 2.38. The minimum Gasteiger partial charge on any atom is -0.378 e. The van der Waals surface area contributed by atoms with Gasteiger partial charge >= 0.3 is 0 Å². The fraction of sp³-hybridized carbons (Fsp3) is 0.824. The van der Waals surface area contributed by atoms with Crippen LogP contribution in [0.1, 0.15) is 45.4 Å². The molecule has 0 saturated carbocycles. The molecule has 0 aromatic heterocycles. The van der Waals surface area contributed by atoms with E-state index in [0.717, 1.165) is 25.9 Å². The van der Waals surface area contributed by atoms with Crippen molar-refractivity contribution < 1.29 is 14.3 Å². The minimum absolute atomic E-state index is 0.0418. The number of amides is 1. The Bertz CT molecular complexity index is 514. The van der Waals surface area contributed by atoms with Gasteiger partial charge in [0.1, 0.15) is 5.60 Å². The zero-order valence-corrected chi connectivity index (χ0v) is 13.8. The Morgan fingerprint density at radius 3 is 2.91 bits per heavy atom. The first-order valence-electron chi connectivity index (χ1n) is 8.47. The fourth-order valence-corrected chi connectivity index (χ4v) is 3.59. The van der Waals surface area contributed by atoms with Crippen molar-refractivity contribution in [2.24, 2.45) is 10.2 Å². The molecule has 126 valence electrons. The molecular formula is C17H25N3O3. The van der Waals surface area contributed by atoms with Crippen molar-refractivity contribution in [3.8, 4) is 12.3 Å². The van der Waals surface area contributed by atoms with E-state index in [0.29, 0.717) is 39.0 Å². The van der Waals surface area contributed by atoms with Crippen molar-refractivity contribution in [3.63, 3.8) is 0 Å². The lowest BCUT2D eigenvalue weighted by molar-refractivity contribution is -0.199. The van der Waals surface area contributed by atoms with E-state index in [1.165, 1.54) is 0 Å². The molecular weight excluding hydrogens is 294 g/mol. The number of rotatable bonds is 5. The zero-order valence-electron chi connectivity index (χ0n) is 13.8. The number of hydrogen-bond donors (Lipinski definition) is 0. The molecule has 2 fully saturated rings. The second kappa shape index (κ2) is 6.58. The number of terminal acetylenes is 1. The summed E-state index contributed by atoms with van der Waals surface area (Å²) in [6.07, 6.45) is 9.79. The molecule has 3 rings (SSSR count). The number of morpholine rings is 1. The second-order valence-corrected chi connectivity index (χ2v) is 6.93. The third kappa shape index (κ3) is 3.91. The van der Waals surface area contributed by atoms with Crippen LogP contribution in [0.3, 0.4) is 0 Å². The number of hydrogen-bond acceptors (Lipinski definition) is 5. The maximum absolute atomic E-state index is 12.6.